The highest BCUT2D eigenvalue weighted by Gasteiger charge is 2.09. The number of hydrogen-bond donors (Lipinski definition) is 2. The van der Waals surface area contributed by atoms with E-state index in [4.69, 9.17) is 15.6 Å². The van der Waals surface area contributed by atoms with Crippen LogP contribution in [0.3, 0.4) is 0 Å². The van der Waals surface area contributed by atoms with Gasteiger partial charge in [-0.2, -0.15) is 0 Å². The molecule has 21 heavy (non-hydrogen) atoms. The number of nitrogens with two attached hydrogens (primary N) is 1. The number of benzene rings is 2. The molecule has 0 aliphatic rings. The second-order valence-corrected chi connectivity index (χ2v) is 4.21. The predicted molar refractivity (Wildman–Crippen MR) is 78.1 cm³/mol. The molecule has 0 aromatic heterocycles. The summed E-state index contributed by atoms with van der Waals surface area (Å²) in [5, 5.41) is 8.61. The molecule has 5 nitrogen and oxygen atoms in total. The zero-order valence-electron chi connectivity index (χ0n) is 11.0. The zero-order valence-corrected chi connectivity index (χ0v) is 11.0. The molecule has 0 fully saturated rings. The van der Waals surface area contributed by atoms with E-state index in [1.54, 1.807) is 48.5 Å². The molecule has 106 valence electrons. The van der Waals surface area contributed by atoms with Crippen LogP contribution in [-0.4, -0.2) is 17.0 Å². The van der Waals surface area contributed by atoms with Crippen LogP contribution in [0.1, 0.15) is 15.9 Å². The Morgan fingerprint density at radius 1 is 1.10 bits per heavy atom. The van der Waals surface area contributed by atoms with Crippen molar-refractivity contribution in [1.29, 1.82) is 0 Å². The van der Waals surface area contributed by atoms with Crippen molar-refractivity contribution in [3.63, 3.8) is 0 Å². The number of carbonyl (C=O) groups excluding carboxylic acids is 1. The standard InChI is InChI=1S/C16H13NO4/c17-16(20)13-6-1-2-7-14(13)21-12-5-3-4-11(10-12)8-9-15(18)19/h1-10H,(H2,17,20)(H,18,19). The van der Waals surface area contributed by atoms with Crippen LogP contribution >= 0.6 is 0 Å². The molecule has 0 aliphatic carbocycles. The molecule has 0 spiro atoms. The SMILES string of the molecule is NC(=O)c1ccccc1Oc1cccc(C=CC(=O)O)c1. The summed E-state index contributed by atoms with van der Waals surface area (Å²) >= 11 is 0. The Hall–Kier alpha value is -3.08. The van der Waals surface area contributed by atoms with Crippen LogP contribution in [0.5, 0.6) is 11.5 Å². The molecule has 5 heteroatoms. The highest BCUT2D eigenvalue weighted by molar-refractivity contribution is 5.95. The summed E-state index contributed by atoms with van der Waals surface area (Å²) in [6.07, 6.45) is 2.49. The Balaban J connectivity index is 2.26. The predicted octanol–water partition coefficient (Wildman–Crippen LogP) is 2.68. The Morgan fingerprint density at radius 3 is 2.57 bits per heavy atom. The molecule has 0 saturated heterocycles. The maximum atomic E-state index is 11.3. The van der Waals surface area contributed by atoms with E-state index in [1.165, 1.54) is 6.08 Å². The lowest BCUT2D eigenvalue weighted by atomic mass is 10.2. The smallest absolute Gasteiger partial charge is 0.328 e. The van der Waals surface area contributed by atoms with Crippen LogP contribution in [0.4, 0.5) is 0 Å². The number of ether oxygens (including phenoxy) is 1. The first kappa shape index (κ1) is 14.3. The molecule has 0 atom stereocenters. The summed E-state index contributed by atoms with van der Waals surface area (Å²) in [4.78, 5) is 21.8. The first-order valence-electron chi connectivity index (χ1n) is 6.14. The fourth-order valence-corrected chi connectivity index (χ4v) is 1.74. The van der Waals surface area contributed by atoms with E-state index in [9.17, 15) is 9.59 Å². The summed E-state index contributed by atoms with van der Waals surface area (Å²) in [5.74, 6) is -0.770. The van der Waals surface area contributed by atoms with Gasteiger partial charge in [-0.05, 0) is 35.9 Å². The number of primary amides is 1. The molecule has 0 heterocycles. The molecule has 3 N–H and O–H groups in total. The number of carbonyl (C=O) groups is 2. The third-order valence-corrected chi connectivity index (χ3v) is 2.66. The van der Waals surface area contributed by atoms with Crippen molar-refractivity contribution < 1.29 is 19.4 Å². The fourth-order valence-electron chi connectivity index (χ4n) is 1.74. The third kappa shape index (κ3) is 3.94. The van der Waals surface area contributed by atoms with E-state index < -0.39 is 11.9 Å². The van der Waals surface area contributed by atoms with Crippen LogP contribution in [0.2, 0.25) is 0 Å². The number of carboxylic acid groups (broad SMARTS) is 1. The van der Waals surface area contributed by atoms with Gasteiger partial charge in [-0.25, -0.2) is 4.79 Å². The summed E-state index contributed by atoms with van der Waals surface area (Å²) < 4.78 is 5.64. The molecule has 0 radical (unpaired) electrons. The van der Waals surface area contributed by atoms with Crippen molar-refractivity contribution in [3.8, 4) is 11.5 Å². The number of rotatable bonds is 5. The lowest BCUT2D eigenvalue weighted by Gasteiger charge is -2.09. The minimum Gasteiger partial charge on any atom is -0.478 e. The van der Waals surface area contributed by atoms with Gasteiger partial charge < -0.3 is 15.6 Å². The van der Waals surface area contributed by atoms with Crippen LogP contribution < -0.4 is 10.5 Å². The van der Waals surface area contributed by atoms with E-state index in [1.807, 2.05) is 0 Å². The Morgan fingerprint density at radius 2 is 1.86 bits per heavy atom. The van der Waals surface area contributed by atoms with Gasteiger partial charge in [0.2, 0.25) is 0 Å². The van der Waals surface area contributed by atoms with Gasteiger partial charge in [0.25, 0.3) is 5.91 Å². The van der Waals surface area contributed by atoms with Crippen LogP contribution in [0.25, 0.3) is 6.08 Å². The lowest BCUT2D eigenvalue weighted by Crippen LogP contribution is -2.11. The first-order valence-corrected chi connectivity index (χ1v) is 6.14. The second-order valence-electron chi connectivity index (χ2n) is 4.21. The van der Waals surface area contributed by atoms with Gasteiger partial charge in [0.05, 0.1) is 5.56 Å². The minimum atomic E-state index is -1.03. The molecule has 1 amide bonds. The average molecular weight is 283 g/mol. The topological polar surface area (TPSA) is 89.6 Å². The van der Waals surface area contributed by atoms with Crippen molar-refractivity contribution in [2.45, 2.75) is 0 Å². The highest BCUT2D eigenvalue weighted by Crippen LogP contribution is 2.25. The van der Waals surface area contributed by atoms with E-state index in [0.717, 1.165) is 6.08 Å². The van der Waals surface area contributed by atoms with Crippen LogP contribution in [0, 0.1) is 0 Å². The fraction of sp³-hybridized carbons (Fsp3) is 0. The van der Waals surface area contributed by atoms with Crippen molar-refractivity contribution in [2.24, 2.45) is 5.73 Å². The number of aliphatic carboxylic acids is 1. The Bertz CT molecular complexity index is 707. The van der Waals surface area contributed by atoms with Crippen molar-refractivity contribution in [1.82, 2.24) is 0 Å². The van der Waals surface area contributed by atoms with Gasteiger partial charge in [-0.1, -0.05) is 24.3 Å². The summed E-state index contributed by atoms with van der Waals surface area (Å²) in [5.41, 5.74) is 6.24. The molecule has 2 aromatic carbocycles. The summed E-state index contributed by atoms with van der Waals surface area (Å²) in [6.45, 7) is 0. The Labute approximate surface area is 121 Å². The summed E-state index contributed by atoms with van der Waals surface area (Å²) in [7, 11) is 0. The van der Waals surface area contributed by atoms with Gasteiger partial charge in [-0.15, -0.1) is 0 Å². The quantitative estimate of drug-likeness (QED) is 0.825. The lowest BCUT2D eigenvalue weighted by molar-refractivity contribution is -0.131. The maximum absolute atomic E-state index is 11.3. The van der Waals surface area contributed by atoms with Gasteiger partial charge >= 0.3 is 5.97 Å². The highest BCUT2D eigenvalue weighted by atomic mass is 16.5. The van der Waals surface area contributed by atoms with Crippen LogP contribution in [0.15, 0.2) is 54.6 Å². The maximum Gasteiger partial charge on any atom is 0.328 e. The van der Waals surface area contributed by atoms with E-state index >= 15 is 0 Å². The number of hydrogen-bond acceptors (Lipinski definition) is 3. The van der Waals surface area contributed by atoms with Crippen molar-refractivity contribution in [3.05, 3.63) is 65.7 Å². The molecule has 2 rings (SSSR count). The monoisotopic (exact) mass is 283 g/mol. The normalized spacial score (nSPS) is 10.5. The number of para-hydroxylation sites is 1. The molecular formula is C16H13NO4. The molecule has 2 aromatic rings. The zero-order chi connectivity index (χ0) is 15.2. The largest absolute Gasteiger partial charge is 0.478 e. The van der Waals surface area contributed by atoms with E-state index in [0.29, 0.717) is 17.1 Å². The van der Waals surface area contributed by atoms with Gasteiger partial charge in [-0.3, -0.25) is 4.79 Å². The van der Waals surface area contributed by atoms with Gasteiger partial charge in [0.15, 0.2) is 0 Å². The second kappa shape index (κ2) is 6.38. The van der Waals surface area contributed by atoms with Crippen LogP contribution in [-0.2, 0) is 4.79 Å². The molecular weight excluding hydrogens is 270 g/mol. The number of carboxylic acids is 1. The van der Waals surface area contributed by atoms with Gasteiger partial charge in [0.1, 0.15) is 11.5 Å². The molecule has 0 bridgehead atoms. The molecule has 0 unspecified atom stereocenters. The number of amides is 1. The minimum absolute atomic E-state index is 0.281. The van der Waals surface area contributed by atoms with E-state index in [-0.39, 0.29) is 5.56 Å². The molecule has 0 aliphatic heterocycles. The average Bonchev–Trinajstić information content (AvgIpc) is 2.46. The Kier molecular flexibility index (Phi) is 4.36. The summed E-state index contributed by atoms with van der Waals surface area (Å²) in [6, 6.07) is 13.5. The van der Waals surface area contributed by atoms with E-state index in [2.05, 4.69) is 0 Å². The van der Waals surface area contributed by atoms with Crippen molar-refractivity contribution >= 4 is 18.0 Å². The van der Waals surface area contributed by atoms with Crippen molar-refractivity contribution in [2.75, 3.05) is 0 Å². The molecule has 0 saturated carbocycles. The first-order chi connectivity index (χ1) is 10.1. The third-order valence-electron chi connectivity index (χ3n) is 2.66. The van der Waals surface area contributed by atoms with Gasteiger partial charge in [0, 0.05) is 6.08 Å².